The molecule has 0 saturated heterocycles. The maximum atomic E-state index is 12.1. The minimum atomic E-state index is -0.108. The zero-order valence-electron chi connectivity index (χ0n) is 13.9. The fraction of sp³-hybridized carbons (Fsp3) is 0.294. The number of amides is 1. The summed E-state index contributed by atoms with van der Waals surface area (Å²) in [5.41, 5.74) is 1.38. The molecule has 0 atom stereocenters. The highest BCUT2D eigenvalue weighted by atomic mass is 79.9. The van der Waals surface area contributed by atoms with E-state index in [-0.39, 0.29) is 5.91 Å². The zero-order chi connectivity index (χ0) is 17.6. The summed E-state index contributed by atoms with van der Waals surface area (Å²) in [6, 6.07) is 7.25. The Morgan fingerprint density at radius 3 is 2.76 bits per heavy atom. The number of aromatic nitrogens is 4. The lowest BCUT2D eigenvalue weighted by Gasteiger charge is -2.07. The third-order valence-corrected chi connectivity index (χ3v) is 4.22. The lowest BCUT2D eigenvalue weighted by Crippen LogP contribution is -2.27. The summed E-state index contributed by atoms with van der Waals surface area (Å²) in [4.78, 5) is 20.7. The molecule has 0 aliphatic rings. The predicted octanol–water partition coefficient (Wildman–Crippen LogP) is 2.84. The summed E-state index contributed by atoms with van der Waals surface area (Å²) in [6.07, 6.45) is 4.30. The van der Waals surface area contributed by atoms with Crippen molar-refractivity contribution in [3.05, 3.63) is 46.8 Å². The number of halogens is 1. The first kappa shape index (κ1) is 17.3. The van der Waals surface area contributed by atoms with Crippen LogP contribution in [0.5, 0.6) is 0 Å². The number of hydrogen-bond acceptors (Lipinski definition) is 5. The number of hydrogen-bond donors (Lipinski definition) is 2. The van der Waals surface area contributed by atoms with Crippen LogP contribution in [-0.2, 0) is 6.54 Å². The fourth-order valence-corrected chi connectivity index (χ4v) is 2.68. The molecule has 0 radical (unpaired) electrons. The summed E-state index contributed by atoms with van der Waals surface area (Å²) in [6.45, 7) is 3.95. The van der Waals surface area contributed by atoms with E-state index in [2.05, 4.69) is 48.6 Å². The monoisotopic (exact) mass is 402 g/mol. The van der Waals surface area contributed by atoms with Crippen LogP contribution in [-0.4, -0.2) is 38.7 Å². The predicted molar refractivity (Wildman–Crippen MR) is 101 cm³/mol. The second-order valence-corrected chi connectivity index (χ2v) is 6.43. The molecular weight excluding hydrogens is 384 g/mol. The highest BCUT2D eigenvalue weighted by Gasteiger charge is 2.10. The molecule has 7 nitrogen and oxygen atoms in total. The average Bonchev–Trinajstić information content (AvgIpc) is 3.04. The van der Waals surface area contributed by atoms with E-state index in [9.17, 15) is 4.79 Å². The molecule has 1 aromatic carbocycles. The Kier molecular flexibility index (Phi) is 5.60. The lowest BCUT2D eigenvalue weighted by atomic mass is 10.2. The van der Waals surface area contributed by atoms with Gasteiger partial charge in [0.2, 0.25) is 0 Å². The van der Waals surface area contributed by atoms with Crippen molar-refractivity contribution in [3.63, 3.8) is 0 Å². The molecule has 0 fully saturated rings. The topological polar surface area (TPSA) is 84.7 Å². The Balaban J connectivity index is 1.63. The van der Waals surface area contributed by atoms with Gasteiger partial charge in [-0.15, -0.1) is 0 Å². The molecule has 0 aliphatic heterocycles. The highest BCUT2D eigenvalue weighted by molar-refractivity contribution is 9.10. The molecule has 0 aliphatic carbocycles. The van der Waals surface area contributed by atoms with E-state index in [0.29, 0.717) is 18.7 Å². The fourth-order valence-electron chi connectivity index (χ4n) is 2.42. The van der Waals surface area contributed by atoms with E-state index >= 15 is 0 Å². The van der Waals surface area contributed by atoms with Crippen molar-refractivity contribution in [3.8, 4) is 0 Å². The smallest absolute Gasteiger partial charge is 0.251 e. The van der Waals surface area contributed by atoms with Crippen LogP contribution in [0.15, 0.2) is 41.3 Å². The SMILES string of the molecule is CCCNc1ncnc2c1cnn2CCNC(=O)c1ccc(Br)cc1. The van der Waals surface area contributed by atoms with Gasteiger partial charge in [0, 0.05) is 23.1 Å². The van der Waals surface area contributed by atoms with Crippen LogP contribution in [0, 0.1) is 0 Å². The quantitative estimate of drug-likeness (QED) is 0.634. The van der Waals surface area contributed by atoms with Crippen LogP contribution in [0.2, 0.25) is 0 Å². The first-order valence-electron chi connectivity index (χ1n) is 8.13. The van der Waals surface area contributed by atoms with Crippen LogP contribution in [0.1, 0.15) is 23.7 Å². The molecule has 2 aromatic heterocycles. The number of carbonyl (C=O) groups is 1. The number of fused-ring (bicyclic) bond motifs is 1. The molecule has 25 heavy (non-hydrogen) atoms. The van der Waals surface area contributed by atoms with Gasteiger partial charge in [-0.05, 0) is 30.7 Å². The van der Waals surface area contributed by atoms with E-state index in [0.717, 1.165) is 34.3 Å². The number of carbonyl (C=O) groups excluding carboxylic acids is 1. The molecule has 130 valence electrons. The Hall–Kier alpha value is -2.48. The van der Waals surface area contributed by atoms with E-state index in [1.807, 2.05) is 12.1 Å². The first-order chi connectivity index (χ1) is 12.2. The van der Waals surface area contributed by atoms with Crippen LogP contribution in [0.25, 0.3) is 11.0 Å². The summed E-state index contributed by atoms with van der Waals surface area (Å²) < 4.78 is 2.72. The zero-order valence-corrected chi connectivity index (χ0v) is 15.5. The van der Waals surface area contributed by atoms with Gasteiger partial charge in [-0.1, -0.05) is 22.9 Å². The van der Waals surface area contributed by atoms with Gasteiger partial charge < -0.3 is 10.6 Å². The molecule has 1 amide bonds. The highest BCUT2D eigenvalue weighted by Crippen LogP contribution is 2.18. The summed E-state index contributed by atoms with van der Waals surface area (Å²) >= 11 is 3.36. The maximum Gasteiger partial charge on any atom is 0.251 e. The third kappa shape index (κ3) is 4.14. The molecule has 0 bridgehead atoms. The Morgan fingerprint density at radius 2 is 2.00 bits per heavy atom. The minimum absolute atomic E-state index is 0.108. The summed E-state index contributed by atoms with van der Waals surface area (Å²) in [7, 11) is 0. The van der Waals surface area contributed by atoms with Crippen LogP contribution >= 0.6 is 15.9 Å². The van der Waals surface area contributed by atoms with Crippen molar-refractivity contribution in [2.75, 3.05) is 18.4 Å². The van der Waals surface area contributed by atoms with Crippen LogP contribution in [0.3, 0.4) is 0 Å². The Labute approximate surface area is 154 Å². The van der Waals surface area contributed by atoms with Crippen molar-refractivity contribution < 1.29 is 4.79 Å². The number of nitrogens with zero attached hydrogens (tertiary/aromatic N) is 4. The van der Waals surface area contributed by atoms with Crippen molar-refractivity contribution in [2.45, 2.75) is 19.9 Å². The molecule has 3 rings (SSSR count). The second kappa shape index (κ2) is 8.06. The number of nitrogens with one attached hydrogen (secondary N) is 2. The lowest BCUT2D eigenvalue weighted by molar-refractivity contribution is 0.0952. The van der Waals surface area contributed by atoms with Gasteiger partial charge in [-0.3, -0.25) is 4.79 Å². The molecule has 8 heteroatoms. The maximum absolute atomic E-state index is 12.1. The largest absolute Gasteiger partial charge is 0.369 e. The van der Waals surface area contributed by atoms with Crippen LogP contribution < -0.4 is 10.6 Å². The van der Waals surface area contributed by atoms with Gasteiger partial charge in [-0.2, -0.15) is 5.10 Å². The van der Waals surface area contributed by atoms with E-state index < -0.39 is 0 Å². The van der Waals surface area contributed by atoms with Gasteiger partial charge in [0.25, 0.3) is 5.91 Å². The van der Waals surface area contributed by atoms with Crippen molar-refractivity contribution in [1.82, 2.24) is 25.1 Å². The number of anilines is 1. The third-order valence-electron chi connectivity index (χ3n) is 3.69. The van der Waals surface area contributed by atoms with Gasteiger partial charge in [0.1, 0.15) is 12.1 Å². The minimum Gasteiger partial charge on any atom is -0.369 e. The van der Waals surface area contributed by atoms with E-state index in [1.54, 1.807) is 23.0 Å². The molecular formula is C17H19BrN6O. The number of rotatable bonds is 7. The summed E-state index contributed by atoms with van der Waals surface area (Å²) in [5.74, 6) is 0.681. The van der Waals surface area contributed by atoms with E-state index in [1.165, 1.54) is 6.33 Å². The van der Waals surface area contributed by atoms with E-state index in [4.69, 9.17) is 0 Å². The Morgan fingerprint density at radius 1 is 1.20 bits per heavy atom. The van der Waals surface area contributed by atoms with Crippen LogP contribution in [0.4, 0.5) is 5.82 Å². The van der Waals surface area contributed by atoms with Gasteiger partial charge in [-0.25, -0.2) is 14.6 Å². The standard InChI is InChI=1S/C17H19BrN6O/c1-2-7-19-15-14-10-23-24(16(14)22-11-21-15)9-8-20-17(25)12-3-5-13(18)6-4-12/h3-6,10-11H,2,7-9H2,1H3,(H,20,25)(H,19,21,22). The van der Waals surface area contributed by atoms with Crippen molar-refractivity contribution in [2.24, 2.45) is 0 Å². The number of benzene rings is 1. The molecule has 0 spiro atoms. The van der Waals surface area contributed by atoms with Crippen molar-refractivity contribution in [1.29, 1.82) is 0 Å². The molecule has 2 N–H and O–H groups in total. The molecule has 2 heterocycles. The van der Waals surface area contributed by atoms with Gasteiger partial charge in [0.15, 0.2) is 5.65 Å². The molecule has 0 saturated carbocycles. The first-order valence-corrected chi connectivity index (χ1v) is 8.92. The Bertz CT molecular complexity index is 861. The van der Waals surface area contributed by atoms with Gasteiger partial charge >= 0.3 is 0 Å². The van der Waals surface area contributed by atoms with Gasteiger partial charge in [0.05, 0.1) is 18.1 Å². The molecule has 0 unspecified atom stereocenters. The normalized spacial score (nSPS) is 10.8. The average molecular weight is 403 g/mol. The summed E-state index contributed by atoms with van der Waals surface area (Å²) in [5, 5.41) is 11.4. The molecule has 3 aromatic rings. The second-order valence-electron chi connectivity index (χ2n) is 5.52. The van der Waals surface area contributed by atoms with Crippen molar-refractivity contribution >= 4 is 38.7 Å².